The summed E-state index contributed by atoms with van der Waals surface area (Å²) in [7, 11) is 0. The van der Waals surface area contributed by atoms with E-state index in [2.05, 4.69) is 20.5 Å². The first-order valence-electron chi connectivity index (χ1n) is 4.59. The first-order valence-corrected chi connectivity index (χ1v) is 5.41. The molecule has 0 aromatic carbocycles. The Bertz CT molecular complexity index is 561. The van der Waals surface area contributed by atoms with Crippen LogP contribution in [0.2, 0.25) is 0 Å². The number of anilines is 1. The molecule has 2 aromatic heterocycles. The summed E-state index contributed by atoms with van der Waals surface area (Å²) in [6.07, 6.45) is 0. The average Bonchev–Trinajstić information content (AvgIpc) is 2.75. The molecular formula is C9H10N4O2S. The van der Waals surface area contributed by atoms with Gasteiger partial charge in [0.05, 0.1) is 5.69 Å². The van der Waals surface area contributed by atoms with Gasteiger partial charge in [0.2, 0.25) is 0 Å². The topological polar surface area (TPSA) is 90.6 Å². The lowest BCUT2D eigenvalue weighted by atomic mass is 10.4. The van der Waals surface area contributed by atoms with E-state index in [9.17, 15) is 9.59 Å². The molecule has 0 saturated heterocycles. The number of hydrogen-bond acceptors (Lipinski definition) is 4. The maximum atomic E-state index is 11.6. The molecule has 0 aliphatic carbocycles. The minimum Gasteiger partial charge on any atom is -0.296 e. The number of amides is 1. The number of rotatable bonds is 2. The third kappa shape index (κ3) is 2.03. The molecule has 84 valence electrons. The van der Waals surface area contributed by atoms with Crippen molar-refractivity contribution in [3.8, 4) is 0 Å². The Balaban J connectivity index is 2.16. The van der Waals surface area contributed by atoms with E-state index in [1.54, 1.807) is 0 Å². The van der Waals surface area contributed by atoms with Crippen molar-refractivity contribution in [3.05, 3.63) is 32.7 Å². The molecule has 0 spiro atoms. The van der Waals surface area contributed by atoms with Crippen molar-refractivity contribution in [1.82, 2.24) is 15.2 Å². The lowest BCUT2D eigenvalue weighted by Crippen LogP contribution is -2.12. The number of carbonyl (C=O) groups is 1. The number of aromatic nitrogens is 3. The van der Waals surface area contributed by atoms with Crippen LogP contribution < -0.4 is 10.9 Å². The number of thiazole rings is 1. The van der Waals surface area contributed by atoms with E-state index >= 15 is 0 Å². The van der Waals surface area contributed by atoms with Crippen LogP contribution in [0.3, 0.4) is 0 Å². The van der Waals surface area contributed by atoms with Crippen molar-refractivity contribution in [3.63, 3.8) is 0 Å². The molecule has 2 rings (SSSR count). The monoisotopic (exact) mass is 238 g/mol. The van der Waals surface area contributed by atoms with Crippen molar-refractivity contribution >= 4 is 22.4 Å². The van der Waals surface area contributed by atoms with Gasteiger partial charge in [0.25, 0.3) is 11.5 Å². The third-order valence-electron chi connectivity index (χ3n) is 2.09. The van der Waals surface area contributed by atoms with E-state index in [1.807, 2.05) is 13.8 Å². The van der Waals surface area contributed by atoms with Crippen molar-refractivity contribution < 1.29 is 4.79 Å². The van der Waals surface area contributed by atoms with Gasteiger partial charge in [0, 0.05) is 10.9 Å². The average molecular weight is 238 g/mol. The second kappa shape index (κ2) is 3.93. The summed E-state index contributed by atoms with van der Waals surface area (Å²) >= 11 is 1.40. The van der Waals surface area contributed by atoms with Crippen LogP contribution in [0.25, 0.3) is 0 Å². The number of H-pyrrole nitrogens is 2. The van der Waals surface area contributed by atoms with E-state index in [1.165, 1.54) is 17.4 Å². The first-order chi connectivity index (χ1) is 7.56. The smallest absolute Gasteiger partial charge is 0.275 e. The zero-order valence-electron chi connectivity index (χ0n) is 8.75. The lowest BCUT2D eigenvalue weighted by Gasteiger charge is -1.96. The summed E-state index contributed by atoms with van der Waals surface area (Å²) in [6.45, 7) is 3.81. The standard InChI is InChI=1S/C9H10N4O2S/c1-4-5(2)16-9(10-4)11-8(15)6-3-7(14)13-12-6/h3H,1-2H3,(H,10,11,15)(H2,12,13,14). The Morgan fingerprint density at radius 2 is 2.19 bits per heavy atom. The number of carbonyl (C=O) groups excluding carboxylic acids is 1. The number of nitrogens with one attached hydrogen (secondary N) is 3. The highest BCUT2D eigenvalue weighted by atomic mass is 32.1. The molecule has 3 N–H and O–H groups in total. The van der Waals surface area contributed by atoms with Gasteiger partial charge in [-0.05, 0) is 13.8 Å². The minimum absolute atomic E-state index is 0.190. The van der Waals surface area contributed by atoms with Gasteiger partial charge in [0.15, 0.2) is 5.13 Å². The summed E-state index contributed by atoms with van der Waals surface area (Å²) < 4.78 is 0. The molecule has 0 aliphatic rings. The second-order valence-corrected chi connectivity index (χ2v) is 4.49. The maximum Gasteiger partial charge on any atom is 0.275 e. The van der Waals surface area contributed by atoms with Crippen LogP contribution >= 0.6 is 11.3 Å². The van der Waals surface area contributed by atoms with Gasteiger partial charge in [-0.25, -0.2) is 4.98 Å². The number of aromatic amines is 2. The molecule has 0 fully saturated rings. The van der Waals surface area contributed by atoms with Gasteiger partial charge in [-0.1, -0.05) is 0 Å². The Labute approximate surface area is 94.7 Å². The van der Waals surface area contributed by atoms with Crippen LogP contribution in [-0.2, 0) is 0 Å². The lowest BCUT2D eigenvalue weighted by molar-refractivity contribution is 0.102. The summed E-state index contributed by atoms with van der Waals surface area (Å²) in [4.78, 5) is 27.7. The van der Waals surface area contributed by atoms with Crippen LogP contribution in [0, 0.1) is 13.8 Å². The van der Waals surface area contributed by atoms with Gasteiger partial charge in [-0.3, -0.25) is 25.1 Å². The summed E-state index contributed by atoms with van der Waals surface area (Å²) in [6, 6.07) is 1.20. The third-order valence-corrected chi connectivity index (χ3v) is 3.08. The molecule has 0 aliphatic heterocycles. The minimum atomic E-state index is -0.382. The Kier molecular flexibility index (Phi) is 2.61. The number of aryl methyl sites for hydroxylation is 2. The summed E-state index contributed by atoms with van der Waals surface area (Å²) in [5.74, 6) is -0.382. The highest BCUT2D eigenvalue weighted by Gasteiger charge is 2.11. The van der Waals surface area contributed by atoms with Gasteiger partial charge in [-0.2, -0.15) is 0 Å². The fourth-order valence-electron chi connectivity index (χ4n) is 1.15. The van der Waals surface area contributed by atoms with Crippen LogP contribution in [0.15, 0.2) is 10.9 Å². The number of hydrogen-bond donors (Lipinski definition) is 3. The van der Waals surface area contributed by atoms with Crippen molar-refractivity contribution in [2.24, 2.45) is 0 Å². The highest BCUT2D eigenvalue weighted by Crippen LogP contribution is 2.21. The predicted molar refractivity (Wildman–Crippen MR) is 61.0 cm³/mol. The highest BCUT2D eigenvalue weighted by molar-refractivity contribution is 7.15. The molecule has 1 amide bonds. The second-order valence-electron chi connectivity index (χ2n) is 3.29. The molecule has 0 radical (unpaired) electrons. The summed E-state index contributed by atoms with van der Waals surface area (Å²) in [5, 5.41) is 7.91. The van der Waals surface area contributed by atoms with E-state index < -0.39 is 0 Å². The molecule has 0 atom stereocenters. The molecule has 6 nitrogen and oxygen atoms in total. The summed E-state index contributed by atoms with van der Waals surface area (Å²) in [5.41, 5.74) is 0.745. The predicted octanol–water partition coefficient (Wildman–Crippen LogP) is 1.03. The van der Waals surface area contributed by atoms with Crippen LogP contribution in [0.5, 0.6) is 0 Å². The Morgan fingerprint density at radius 1 is 1.44 bits per heavy atom. The van der Waals surface area contributed by atoms with Crippen molar-refractivity contribution in [2.45, 2.75) is 13.8 Å². The van der Waals surface area contributed by atoms with Crippen LogP contribution in [0.1, 0.15) is 21.1 Å². The zero-order valence-corrected chi connectivity index (χ0v) is 9.57. The molecule has 2 heterocycles. The molecule has 0 unspecified atom stereocenters. The maximum absolute atomic E-state index is 11.6. The molecule has 0 saturated carbocycles. The van der Waals surface area contributed by atoms with E-state index in [0.29, 0.717) is 5.13 Å². The van der Waals surface area contributed by atoms with E-state index in [0.717, 1.165) is 10.6 Å². The Morgan fingerprint density at radius 3 is 2.69 bits per heavy atom. The van der Waals surface area contributed by atoms with Gasteiger partial charge in [0.1, 0.15) is 5.69 Å². The molecule has 2 aromatic rings. The van der Waals surface area contributed by atoms with E-state index in [-0.39, 0.29) is 17.2 Å². The van der Waals surface area contributed by atoms with Crippen molar-refractivity contribution in [1.29, 1.82) is 0 Å². The largest absolute Gasteiger partial charge is 0.296 e. The zero-order chi connectivity index (χ0) is 11.7. The van der Waals surface area contributed by atoms with Gasteiger partial charge >= 0.3 is 0 Å². The SMILES string of the molecule is Cc1nc(NC(=O)c2cc(=O)[nH][nH]2)sc1C. The van der Waals surface area contributed by atoms with E-state index in [4.69, 9.17) is 0 Å². The number of nitrogens with zero attached hydrogens (tertiary/aromatic N) is 1. The fourth-order valence-corrected chi connectivity index (χ4v) is 1.95. The fraction of sp³-hybridized carbons (Fsp3) is 0.222. The van der Waals surface area contributed by atoms with Gasteiger partial charge in [-0.15, -0.1) is 11.3 Å². The quantitative estimate of drug-likeness (QED) is 0.729. The molecular weight excluding hydrogens is 228 g/mol. The molecule has 7 heteroatoms. The Hall–Kier alpha value is -1.89. The normalized spacial score (nSPS) is 10.4. The first kappa shape index (κ1) is 10.6. The van der Waals surface area contributed by atoms with Gasteiger partial charge < -0.3 is 0 Å². The van der Waals surface area contributed by atoms with Crippen LogP contribution in [-0.4, -0.2) is 21.1 Å². The van der Waals surface area contributed by atoms with Crippen LogP contribution in [0.4, 0.5) is 5.13 Å². The molecule has 0 bridgehead atoms. The van der Waals surface area contributed by atoms with Crippen molar-refractivity contribution in [2.75, 3.05) is 5.32 Å². The molecule has 16 heavy (non-hydrogen) atoms.